The predicted molar refractivity (Wildman–Crippen MR) is 93.9 cm³/mol. The molecule has 1 aliphatic heterocycles. The van der Waals surface area contributed by atoms with Crippen molar-refractivity contribution < 1.29 is 17.9 Å². The molecule has 1 amide bonds. The fraction of sp³-hybridized carbons (Fsp3) is 0.533. The van der Waals surface area contributed by atoms with E-state index in [1.807, 2.05) is 0 Å². The number of halogens is 1. The second-order valence-corrected chi connectivity index (χ2v) is 7.89. The predicted octanol–water partition coefficient (Wildman–Crippen LogP) is 0.554. The molecule has 24 heavy (non-hydrogen) atoms. The van der Waals surface area contributed by atoms with Gasteiger partial charge >= 0.3 is 0 Å². The average molecular weight is 376 g/mol. The average Bonchev–Trinajstić information content (AvgIpc) is 2.54. The third kappa shape index (κ3) is 5.94. The van der Waals surface area contributed by atoms with E-state index in [1.54, 1.807) is 24.3 Å². The van der Waals surface area contributed by atoms with Crippen LogP contribution in [-0.4, -0.2) is 71.4 Å². The van der Waals surface area contributed by atoms with Gasteiger partial charge in [0.15, 0.2) is 0 Å². The molecule has 0 unspecified atom stereocenters. The van der Waals surface area contributed by atoms with E-state index in [2.05, 4.69) is 10.2 Å². The number of nitrogens with one attached hydrogen (secondary N) is 1. The first kappa shape index (κ1) is 19.0. The maximum Gasteiger partial charge on any atom is 0.240 e. The Balaban J connectivity index is 1.89. The van der Waals surface area contributed by atoms with Crippen LogP contribution in [0, 0.1) is 0 Å². The zero-order valence-corrected chi connectivity index (χ0v) is 15.1. The molecule has 1 aliphatic rings. The second-order valence-electron chi connectivity index (χ2n) is 5.55. The van der Waals surface area contributed by atoms with Crippen molar-refractivity contribution in [2.45, 2.75) is 0 Å². The van der Waals surface area contributed by atoms with Crippen LogP contribution in [0.3, 0.4) is 0 Å². The molecule has 1 aromatic carbocycles. The number of ether oxygens (including phenoxy) is 1. The zero-order valence-electron chi connectivity index (χ0n) is 13.6. The van der Waals surface area contributed by atoms with Gasteiger partial charge in [-0.1, -0.05) is 11.6 Å². The smallest absolute Gasteiger partial charge is 0.240 e. The lowest BCUT2D eigenvalue weighted by molar-refractivity contribution is -0.119. The van der Waals surface area contributed by atoms with Crippen LogP contribution >= 0.6 is 11.6 Å². The molecule has 7 nitrogen and oxygen atoms in total. The molecular weight excluding hydrogens is 354 g/mol. The number of hydrogen-bond acceptors (Lipinski definition) is 5. The van der Waals surface area contributed by atoms with Gasteiger partial charge < -0.3 is 10.1 Å². The largest absolute Gasteiger partial charge is 0.379 e. The molecule has 0 aromatic heterocycles. The van der Waals surface area contributed by atoms with Gasteiger partial charge in [0.1, 0.15) is 6.54 Å². The van der Waals surface area contributed by atoms with Gasteiger partial charge in [0, 0.05) is 31.2 Å². The van der Waals surface area contributed by atoms with Gasteiger partial charge in [0.25, 0.3) is 0 Å². The molecule has 1 heterocycles. The minimum absolute atomic E-state index is 0.260. The summed E-state index contributed by atoms with van der Waals surface area (Å²) in [6.45, 7) is 4.01. The fourth-order valence-electron chi connectivity index (χ4n) is 2.37. The van der Waals surface area contributed by atoms with Crippen molar-refractivity contribution in [2.24, 2.45) is 0 Å². The van der Waals surface area contributed by atoms with Crippen molar-refractivity contribution in [3.63, 3.8) is 0 Å². The summed E-state index contributed by atoms with van der Waals surface area (Å²) < 4.78 is 30.3. The minimum atomic E-state index is -3.57. The van der Waals surface area contributed by atoms with E-state index in [9.17, 15) is 13.2 Å². The fourth-order valence-corrected chi connectivity index (χ4v) is 3.35. The number of morpholine rings is 1. The van der Waals surface area contributed by atoms with Crippen LogP contribution in [0.2, 0.25) is 5.02 Å². The maximum absolute atomic E-state index is 12.1. The summed E-state index contributed by atoms with van der Waals surface area (Å²) in [4.78, 5) is 14.3. The highest BCUT2D eigenvalue weighted by atomic mass is 35.5. The van der Waals surface area contributed by atoms with Gasteiger partial charge in [-0.3, -0.25) is 14.0 Å². The Morgan fingerprint density at radius 2 is 1.92 bits per heavy atom. The first-order valence-electron chi connectivity index (χ1n) is 7.66. The van der Waals surface area contributed by atoms with Gasteiger partial charge in [0.05, 0.1) is 25.2 Å². The molecule has 1 fully saturated rings. The van der Waals surface area contributed by atoms with Crippen LogP contribution in [0.4, 0.5) is 5.69 Å². The number of carbonyl (C=O) groups is 1. The molecule has 0 atom stereocenters. The van der Waals surface area contributed by atoms with Gasteiger partial charge in [-0.2, -0.15) is 0 Å². The monoisotopic (exact) mass is 375 g/mol. The minimum Gasteiger partial charge on any atom is -0.379 e. The number of benzene rings is 1. The zero-order chi connectivity index (χ0) is 17.6. The molecule has 1 N–H and O–H groups in total. The van der Waals surface area contributed by atoms with E-state index in [1.165, 1.54) is 0 Å². The Morgan fingerprint density at radius 3 is 2.50 bits per heavy atom. The lowest BCUT2D eigenvalue weighted by atomic mass is 10.3. The molecule has 0 aliphatic carbocycles. The molecule has 9 heteroatoms. The SMILES string of the molecule is CS(=O)(=O)N(CC(=O)NCCN1CCOCC1)c1ccc(Cl)cc1. The first-order chi connectivity index (χ1) is 11.4. The Morgan fingerprint density at radius 1 is 1.29 bits per heavy atom. The number of rotatable bonds is 7. The summed E-state index contributed by atoms with van der Waals surface area (Å²) in [5.41, 5.74) is 0.408. The van der Waals surface area contributed by atoms with Crippen LogP contribution in [-0.2, 0) is 19.6 Å². The third-order valence-electron chi connectivity index (χ3n) is 3.66. The number of hydrogen-bond donors (Lipinski definition) is 1. The van der Waals surface area contributed by atoms with Gasteiger partial charge in [-0.15, -0.1) is 0 Å². The summed E-state index contributed by atoms with van der Waals surface area (Å²) in [6.07, 6.45) is 1.07. The molecule has 0 bridgehead atoms. The van der Waals surface area contributed by atoms with Crippen molar-refractivity contribution in [3.05, 3.63) is 29.3 Å². The molecule has 0 saturated carbocycles. The molecule has 2 rings (SSSR count). The number of anilines is 1. The van der Waals surface area contributed by atoms with E-state index in [4.69, 9.17) is 16.3 Å². The lowest BCUT2D eigenvalue weighted by Gasteiger charge is -2.27. The van der Waals surface area contributed by atoms with Crippen molar-refractivity contribution in [1.29, 1.82) is 0 Å². The number of sulfonamides is 1. The van der Waals surface area contributed by atoms with Gasteiger partial charge in [0.2, 0.25) is 15.9 Å². The van der Waals surface area contributed by atoms with Crippen LogP contribution in [0.5, 0.6) is 0 Å². The van der Waals surface area contributed by atoms with Crippen molar-refractivity contribution in [2.75, 3.05) is 56.5 Å². The maximum atomic E-state index is 12.1. The standard InChI is InChI=1S/C15H22ClN3O4S/c1-24(21,22)19(14-4-2-13(16)3-5-14)12-15(20)17-6-7-18-8-10-23-11-9-18/h2-5H,6-12H2,1H3,(H,17,20). The van der Waals surface area contributed by atoms with Crippen LogP contribution in [0.25, 0.3) is 0 Å². The van der Waals surface area contributed by atoms with Gasteiger partial charge in [-0.25, -0.2) is 8.42 Å². The summed E-state index contributed by atoms with van der Waals surface area (Å²) in [7, 11) is -3.57. The highest BCUT2D eigenvalue weighted by Crippen LogP contribution is 2.20. The number of nitrogens with zero attached hydrogens (tertiary/aromatic N) is 2. The van der Waals surface area contributed by atoms with E-state index in [0.29, 0.717) is 30.5 Å². The highest BCUT2D eigenvalue weighted by Gasteiger charge is 2.20. The number of amides is 1. The van der Waals surface area contributed by atoms with E-state index >= 15 is 0 Å². The summed E-state index contributed by atoms with van der Waals surface area (Å²) >= 11 is 5.82. The third-order valence-corrected chi connectivity index (χ3v) is 5.05. The van der Waals surface area contributed by atoms with E-state index < -0.39 is 10.0 Å². The molecule has 1 saturated heterocycles. The Labute approximate surface area is 147 Å². The quantitative estimate of drug-likeness (QED) is 0.753. The van der Waals surface area contributed by atoms with Crippen molar-refractivity contribution >= 4 is 33.2 Å². The van der Waals surface area contributed by atoms with Crippen LogP contribution < -0.4 is 9.62 Å². The summed E-state index contributed by atoms with van der Waals surface area (Å²) in [5.74, 6) is -0.344. The van der Waals surface area contributed by atoms with Crippen LogP contribution in [0.1, 0.15) is 0 Å². The summed E-state index contributed by atoms with van der Waals surface area (Å²) in [6, 6.07) is 6.32. The molecule has 1 aromatic rings. The molecule has 134 valence electrons. The van der Waals surface area contributed by atoms with Crippen molar-refractivity contribution in [3.8, 4) is 0 Å². The Hall–Kier alpha value is -1.35. The number of carbonyl (C=O) groups excluding carboxylic acids is 1. The molecule has 0 radical (unpaired) electrons. The second kappa shape index (κ2) is 8.66. The van der Waals surface area contributed by atoms with E-state index in [0.717, 1.165) is 30.2 Å². The van der Waals surface area contributed by atoms with Crippen molar-refractivity contribution in [1.82, 2.24) is 10.2 Å². The Bertz CT molecular complexity index is 645. The van der Waals surface area contributed by atoms with Gasteiger partial charge in [-0.05, 0) is 24.3 Å². The Kier molecular flexibility index (Phi) is 6.85. The molecular formula is C15H22ClN3O4S. The van der Waals surface area contributed by atoms with Crippen LogP contribution in [0.15, 0.2) is 24.3 Å². The van der Waals surface area contributed by atoms with E-state index in [-0.39, 0.29) is 12.5 Å². The highest BCUT2D eigenvalue weighted by molar-refractivity contribution is 7.92. The first-order valence-corrected chi connectivity index (χ1v) is 9.89. The summed E-state index contributed by atoms with van der Waals surface area (Å²) in [5, 5.41) is 3.26. The normalized spacial score (nSPS) is 15.9. The lowest BCUT2D eigenvalue weighted by Crippen LogP contribution is -2.44. The topological polar surface area (TPSA) is 79.0 Å². The molecule has 0 spiro atoms.